The van der Waals surface area contributed by atoms with Gasteiger partial charge in [-0.1, -0.05) is 20.8 Å². The van der Waals surface area contributed by atoms with Crippen LogP contribution in [-0.4, -0.2) is 35.6 Å². The number of rotatable bonds is 5. The second-order valence-corrected chi connectivity index (χ2v) is 6.62. The van der Waals surface area contributed by atoms with E-state index in [9.17, 15) is 0 Å². The van der Waals surface area contributed by atoms with E-state index in [2.05, 4.69) is 44.8 Å². The lowest BCUT2D eigenvalue weighted by atomic mass is 9.98. The molecule has 1 aliphatic rings. The number of nitrogens with one attached hydrogen (secondary N) is 1. The van der Waals surface area contributed by atoms with Crippen molar-refractivity contribution in [1.82, 2.24) is 15.3 Å². The number of aromatic nitrogens is 2. The highest BCUT2D eigenvalue weighted by atomic mass is 15.3. The summed E-state index contributed by atoms with van der Waals surface area (Å²) in [6.07, 6.45) is 3.86. The monoisotopic (exact) mass is 290 g/mol. The molecule has 4 heteroatoms. The molecule has 4 nitrogen and oxygen atoms in total. The third-order valence-electron chi connectivity index (χ3n) is 4.28. The molecule has 1 aliphatic heterocycles. The van der Waals surface area contributed by atoms with Crippen LogP contribution in [0.4, 0.5) is 5.95 Å². The van der Waals surface area contributed by atoms with Gasteiger partial charge in [-0.2, -0.15) is 0 Å². The Balaban J connectivity index is 2.16. The Morgan fingerprint density at radius 3 is 2.10 bits per heavy atom. The van der Waals surface area contributed by atoms with E-state index >= 15 is 0 Å². The zero-order valence-electron chi connectivity index (χ0n) is 14.2. The first-order chi connectivity index (χ1) is 9.99. The Bertz CT molecular complexity index is 441. The van der Waals surface area contributed by atoms with Crippen LogP contribution in [0.3, 0.4) is 0 Å². The van der Waals surface area contributed by atoms with E-state index in [0.29, 0.717) is 12.0 Å². The van der Waals surface area contributed by atoms with Gasteiger partial charge in [0.05, 0.1) is 0 Å². The number of aryl methyl sites for hydroxylation is 2. The van der Waals surface area contributed by atoms with Gasteiger partial charge in [-0.05, 0) is 44.6 Å². The summed E-state index contributed by atoms with van der Waals surface area (Å²) in [7, 11) is 0. The summed E-state index contributed by atoms with van der Waals surface area (Å²) in [6.45, 7) is 14.1. The molecular formula is C17H30N4. The van der Waals surface area contributed by atoms with Gasteiger partial charge in [-0.25, -0.2) is 9.97 Å². The molecule has 118 valence electrons. The number of hydrogen-bond acceptors (Lipinski definition) is 4. The van der Waals surface area contributed by atoms with Crippen molar-refractivity contribution in [2.24, 2.45) is 0 Å². The molecule has 2 heterocycles. The van der Waals surface area contributed by atoms with Gasteiger partial charge in [0.25, 0.3) is 0 Å². The molecule has 2 rings (SSSR count). The van der Waals surface area contributed by atoms with E-state index < -0.39 is 0 Å². The van der Waals surface area contributed by atoms with Crippen molar-refractivity contribution in [2.45, 2.75) is 65.8 Å². The van der Waals surface area contributed by atoms with Gasteiger partial charge in [0.1, 0.15) is 0 Å². The second-order valence-electron chi connectivity index (χ2n) is 6.62. The molecule has 1 unspecified atom stereocenters. The van der Waals surface area contributed by atoms with Crippen molar-refractivity contribution in [3.8, 4) is 0 Å². The van der Waals surface area contributed by atoms with Crippen molar-refractivity contribution in [1.29, 1.82) is 0 Å². The minimum Gasteiger partial charge on any atom is -0.341 e. The predicted octanol–water partition coefficient (Wildman–Crippen LogP) is 3.19. The summed E-state index contributed by atoms with van der Waals surface area (Å²) < 4.78 is 0. The van der Waals surface area contributed by atoms with Crippen molar-refractivity contribution in [3.05, 3.63) is 17.0 Å². The van der Waals surface area contributed by atoms with Crippen molar-refractivity contribution in [3.63, 3.8) is 0 Å². The fourth-order valence-electron chi connectivity index (χ4n) is 3.17. The van der Waals surface area contributed by atoms with Crippen LogP contribution < -0.4 is 10.2 Å². The van der Waals surface area contributed by atoms with Crippen LogP contribution in [0.1, 0.15) is 62.9 Å². The van der Waals surface area contributed by atoms with E-state index in [1.807, 2.05) is 0 Å². The highest BCUT2D eigenvalue weighted by Crippen LogP contribution is 2.24. The molecule has 21 heavy (non-hydrogen) atoms. The van der Waals surface area contributed by atoms with Gasteiger partial charge < -0.3 is 10.2 Å². The Morgan fingerprint density at radius 2 is 1.57 bits per heavy atom. The first kappa shape index (κ1) is 16.2. The number of nitrogens with zero attached hydrogens (tertiary/aromatic N) is 3. The fraction of sp³-hybridized carbons (Fsp3) is 0.765. The van der Waals surface area contributed by atoms with Gasteiger partial charge in [0, 0.05) is 37.1 Å². The summed E-state index contributed by atoms with van der Waals surface area (Å²) in [5.41, 5.74) is 3.59. The van der Waals surface area contributed by atoms with Crippen LogP contribution in [0.25, 0.3) is 0 Å². The minimum atomic E-state index is 0.447. The lowest BCUT2D eigenvalue weighted by Crippen LogP contribution is -2.32. The zero-order valence-corrected chi connectivity index (χ0v) is 14.2. The van der Waals surface area contributed by atoms with Gasteiger partial charge in [-0.15, -0.1) is 0 Å². The topological polar surface area (TPSA) is 41.1 Å². The van der Waals surface area contributed by atoms with Crippen LogP contribution in [0.15, 0.2) is 0 Å². The third-order valence-corrected chi connectivity index (χ3v) is 4.28. The lowest BCUT2D eigenvalue weighted by molar-refractivity contribution is 0.541. The maximum atomic E-state index is 4.79. The fourth-order valence-corrected chi connectivity index (χ4v) is 3.17. The van der Waals surface area contributed by atoms with E-state index in [0.717, 1.165) is 37.0 Å². The van der Waals surface area contributed by atoms with Gasteiger partial charge in [0.2, 0.25) is 5.95 Å². The van der Waals surface area contributed by atoms with Crippen LogP contribution in [-0.2, 0) is 0 Å². The van der Waals surface area contributed by atoms with Crippen molar-refractivity contribution >= 4 is 5.95 Å². The van der Waals surface area contributed by atoms with Gasteiger partial charge in [-0.3, -0.25) is 0 Å². The standard InChI is InChI=1S/C17H30N4/c1-12(2)18-11-13(3)16-14(4)19-17(20-15(16)5)21-9-7-6-8-10-21/h12-13,18H,6-11H2,1-5H3. The SMILES string of the molecule is Cc1nc(N2CCCCC2)nc(C)c1C(C)CNC(C)C. The quantitative estimate of drug-likeness (QED) is 0.904. The second kappa shape index (κ2) is 7.21. The van der Waals surface area contributed by atoms with Gasteiger partial charge in [0.15, 0.2) is 0 Å². The van der Waals surface area contributed by atoms with Crippen LogP contribution >= 0.6 is 0 Å². The summed E-state index contributed by atoms with van der Waals surface area (Å²) in [4.78, 5) is 11.9. The summed E-state index contributed by atoms with van der Waals surface area (Å²) in [6, 6.07) is 0.515. The molecule has 1 aromatic rings. The van der Waals surface area contributed by atoms with E-state index in [1.165, 1.54) is 24.8 Å². The number of hydrogen-bond donors (Lipinski definition) is 1. The lowest BCUT2D eigenvalue weighted by Gasteiger charge is -2.28. The molecule has 0 spiro atoms. The van der Waals surface area contributed by atoms with E-state index in [4.69, 9.17) is 9.97 Å². The number of anilines is 1. The van der Waals surface area contributed by atoms with Crippen LogP contribution in [0, 0.1) is 13.8 Å². The highest BCUT2D eigenvalue weighted by Gasteiger charge is 2.19. The molecule has 1 fully saturated rings. The van der Waals surface area contributed by atoms with Gasteiger partial charge >= 0.3 is 0 Å². The highest BCUT2D eigenvalue weighted by molar-refractivity contribution is 5.38. The molecule has 0 amide bonds. The first-order valence-corrected chi connectivity index (χ1v) is 8.32. The average Bonchev–Trinajstić information content (AvgIpc) is 2.45. The Hall–Kier alpha value is -1.16. The number of piperidine rings is 1. The maximum absolute atomic E-state index is 4.79. The summed E-state index contributed by atoms with van der Waals surface area (Å²) in [5, 5.41) is 3.51. The summed E-state index contributed by atoms with van der Waals surface area (Å²) in [5.74, 6) is 1.38. The molecule has 1 N–H and O–H groups in total. The third kappa shape index (κ3) is 4.16. The van der Waals surface area contributed by atoms with Crippen molar-refractivity contribution in [2.75, 3.05) is 24.5 Å². The normalized spacial score (nSPS) is 17.3. The maximum Gasteiger partial charge on any atom is 0.225 e. The largest absolute Gasteiger partial charge is 0.341 e. The summed E-state index contributed by atoms with van der Waals surface area (Å²) >= 11 is 0. The Labute approximate surface area is 129 Å². The molecule has 0 aromatic carbocycles. The Morgan fingerprint density at radius 1 is 1.00 bits per heavy atom. The molecule has 1 saturated heterocycles. The molecule has 0 radical (unpaired) electrons. The first-order valence-electron chi connectivity index (χ1n) is 8.32. The van der Waals surface area contributed by atoms with Crippen molar-refractivity contribution < 1.29 is 0 Å². The predicted molar refractivity (Wildman–Crippen MR) is 89.1 cm³/mol. The molecular weight excluding hydrogens is 260 g/mol. The molecule has 0 saturated carbocycles. The zero-order chi connectivity index (χ0) is 15.4. The van der Waals surface area contributed by atoms with E-state index in [1.54, 1.807) is 0 Å². The Kier molecular flexibility index (Phi) is 5.57. The van der Waals surface area contributed by atoms with E-state index in [-0.39, 0.29) is 0 Å². The molecule has 1 atom stereocenters. The van der Waals surface area contributed by atoms with Crippen LogP contribution in [0.5, 0.6) is 0 Å². The smallest absolute Gasteiger partial charge is 0.225 e. The minimum absolute atomic E-state index is 0.447. The molecule has 0 bridgehead atoms. The molecule has 1 aromatic heterocycles. The molecule has 0 aliphatic carbocycles. The van der Waals surface area contributed by atoms with Crippen LogP contribution in [0.2, 0.25) is 0 Å². The average molecular weight is 290 g/mol.